The molecule has 0 spiro atoms. The zero-order valence-corrected chi connectivity index (χ0v) is 10.7. The van der Waals surface area contributed by atoms with Gasteiger partial charge in [0.1, 0.15) is 11.3 Å². The van der Waals surface area contributed by atoms with Crippen molar-refractivity contribution in [3.8, 4) is 0 Å². The lowest BCUT2D eigenvalue weighted by atomic mass is 9.90. The highest BCUT2D eigenvalue weighted by molar-refractivity contribution is 5.72. The molecule has 2 atom stereocenters. The molecule has 4 heteroatoms. The molecule has 4 rings (SSSR count). The summed E-state index contributed by atoms with van der Waals surface area (Å²) in [5, 5.41) is 3.64. The highest BCUT2D eigenvalue weighted by atomic mass is 19.1. The number of benzene rings is 1. The second-order valence-electron chi connectivity index (χ2n) is 5.90. The number of halogens is 1. The Morgan fingerprint density at radius 3 is 2.84 bits per heavy atom. The van der Waals surface area contributed by atoms with E-state index >= 15 is 0 Å². The molecule has 2 bridgehead atoms. The van der Waals surface area contributed by atoms with Gasteiger partial charge in [0.15, 0.2) is 11.5 Å². The number of nitrogens with zero attached hydrogens (tertiary/aromatic N) is 1. The second kappa shape index (κ2) is 4.30. The molecule has 1 aromatic heterocycles. The van der Waals surface area contributed by atoms with Crippen molar-refractivity contribution < 1.29 is 8.81 Å². The summed E-state index contributed by atoms with van der Waals surface area (Å²) in [4.78, 5) is 4.41. The van der Waals surface area contributed by atoms with Crippen molar-refractivity contribution in [2.45, 2.75) is 44.2 Å². The van der Waals surface area contributed by atoms with Gasteiger partial charge in [0.2, 0.25) is 0 Å². The molecule has 0 radical (unpaired) electrons. The standard InChI is InChI=1S/C15H17FN2O/c16-10-1-4-14-13(8-10)18-15(19-14)7-9-5-11-2-3-12(6-9)17-11/h1,4,8-9,11-12,17H,2-3,5-7H2. The minimum atomic E-state index is -0.257. The minimum absolute atomic E-state index is 0.257. The summed E-state index contributed by atoms with van der Waals surface area (Å²) in [6.07, 6.45) is 5.91. The summed E-state index contributed by atoms with van der Waals surface area (Å²) in [6.45, 7) is 0. The fraction of sp³-hybridized carbons (Fsp3) is 0.533. The Morgan fingerprint density at radius 2 is 2.05 bits per heavy atom. The van der Waals surface area contributed by atoms with Gasteiger partial charge in [-0.05, 0) is 43.7 Å². The van der Waals surface area contributed by atoms with Crippen molar-refractivity contribution in [1.29, 1.82) is 0 Å². The highest BCUT2D eigenvalue weighted by Crippen LogP contribution is 2.33. The maximum absolute atomic E-state index is 13.1. The van der Waals surface area contributed by atoms with Crippen molar-refractivity contribution in [2.75, 3.05) is 0 Å². The van der Waals surface area contributed by atoms with E-state index in [0.29, 0.717) is 29.1 Å². The van der Waals surface area contributed by atoms with Gasteiger partial charge < -0.3 is 9.73 Å². The maximum Gasteiger partial charge on any atom is 0.195 e. The predicted molar refractivity (Wildman–Crippen MR) is 70.3 cm³/mol. The largest absolute Gasteiger partial charge is 0.441 e. The van der Waals surface area contributed by atoms with E-state index in [-0.39, 0.29) is 5.82 Å². The third kappa shape index (κ3) is 2.14. The number of piperidine rings is 1. The normalized spacial score (nSPS) is 30.1. The SMILES string of the molecule is Fc1ccc2oc(CC3CC4CCC(C3)N4)nc2c1. The Hall–Kier alpha value is -1.42. The molecule has 1 aromatic carbocycles. The predicted octanol–water partition coefficient (Wildman–Crippen LogP) is 3.04. The third-order valence-corrected chi connectivity index (χ3v) is 4.43. The topological polar surface area (TPSA) is 38.1 Å². The van der Waals surface area contributed by atoms with Gasteiger partial charge in [-0.3, -0.25) is 0 Å². The molecule has 2 aromatic rings. The molecule has 2 aliphatic heterocycles. The molecule has 100 valence electrons. The van der Waals surface area contributed by atoms with Gasteiger partial charge in [0.25, 0.3) is 0 Å². The first-order valence-corrected chi connectivity index (χ1v) is 7.07. The monoisotopic (exact) mass is 260 g/mol. The Bertz CT molecular complexity index is 597. The summed E-state index contributed by atoms with van der Waals surface area (Å²) in [7, 11) is 0. The molecule has 0 amide bonds. The molecule has 1 N–H and O–H groups in total. The number of oxazole rings is 1. The summed E-state index contributed by atoms with van der Waals surface area (Å²) < 4.78 is 18.8. The molecule has 0 saturated carbocycles. The van der Waals surface area contributed by atoms with Crippen molar-refractivity contribution in [1.82, 2.24) is 10.3 Å². The molecule has 2 saturated heterocycles. The second-order valence-corrected chi connectivity index (χ2v) is 5.90. The van der Waals surface area contributed by atoms with Crippen LogP contribution in [0.25, 0.3) is 11.1 Å². The van der Waals surface area contributed by atoms with Gasteiger partial charge in [-0.25, -0.2) is 9.37 Å². The number of aromatic nitrogens is 1. The Labute approximate surface area is 111 Å². The van der Waals surface area contributed by atoms with Gasteiger partial charge in [-0.1, -0.05) is 0 Å². The lowest BCUT2D eigenvalue weighted by Gasteiger charge is -2.28. The van der Waals surface area contributed by atoms with E-state index in [1.165, 1.54) is 37.8 Å². The zero-order chi connectivity index (χ0) is 12.8. The van der Waals surface area contributed by atoms with Crippen LogP contribution in [0.4, 0.5) is 4.39 Å². The maximum atomic E-state index is 13.1. The number of nitrogens with one attached hydrogen (secondary N) is 1. The average molecular weight is 260 g/mol. The van der Waals surface area contributed by atoms with Crippen molar-refractivity contribution in [2.24, 2.45) is 5.92 Å². The number of fused-ring (bicyclic) bond motifs is 3. The quantitative estimate of drug-likeness (QED) is 0.902. The first-order chi connectivity index (χ1) is 9.26. The lowest BCUT2D eigenvalue weighted by Crippen LogP contribution is -2.38. The summed E-state index contributed by atoms with van der Waals surface area (Å²) in [6, 6.07) is 5.89. The van der Waals surface area contributed by atoms with Gasteiger partial charge in [-0.15, -0.1) is 0 Å². The molecular formula is C15H17FN2O. The smallest absolute Gasteiger partial charge is 0.195 e. The molecule has 2 aliphatic rings. The first-order valence-electron chi connectivity index (χ1n) is 7.07. The molecule has 2 unspecified atom stereocenters. The third-order valence-electron chi connectivity index (χ3n) is 4.43. The van der Waals surface area contributed by atoms with Crippen LogP contribution >= 0.6 is 0 Å². The van der Waals surface area contributed by atoms with Gasteiger partial charge >= 0.3 is 0 Å². The van der Waals surface area contributed by atoms with Crippen LogP contribution in [0.1, 0.15) is 31.6 Å². The van der Waals surface area contributed by atoms with Crippen LogP contribution in [0.3, 0.4) is 0 Å². The molecular weight excluding hydrogens is 243 g/mol. The van der Waals surface area contributed by atoms with Crippen LogP contribution < -0.4 is 5.32 Å². The van der Waals surface area contributed by atoms with Gasteiger partial charge in [0, 0.05) is 24.6 Å². The lowest BCUT2D eigenvalue weighted by molar-refractivity contribution is 0.284. The van der Waals surface area contributed by atoms with Crippen LogP contribution in [0.5, 0.6) is 0 Å². The average Bonchev–Trinajstić information content (AvgIpc) is 2.92. The molecule has 3 nitrogen and oxygen atoms in total. The van der Waals surface area contributed by atoms with Crippen LogP contribution in [-0.2, 0) is 6.42 Å². The summed E-state index contributed by atoms with van der Waals surface area (Å²) >= 11 is 0. The van der Waals surface area contributed by atoms with Crippen molar-refractivity contribution >= 4 is 11.1 Å². The summed E-state index contributed by atoms with van der Waals surface area (Å²) in [5.41, 5.74) is 1.32. The van der Waals surface area contributed by atoms with Crippen LogP contribution in [0.2, 0.25) is 0 Å². The van der Waals surface area contributed by atoms with E-state index in [9.17, 15) is 4.39 Å². The molecule has 0 aliphatic carbocycles. The number of hydrogen-bond donors (Lipinski definition) is 1. The minimum Gasteiger partial charge on any atom is -0.441 e. The van der Waals surface area contributed by atoms with E-state index in [2.05, 4.69) is 10.3 Å². The number of hydrogen-bond acceptors (Lipinski definition) is 3. The van der Waals surface area contributed by atoms with E-state index in [0.717, 1.165) is 12.3 Å². The Kier molecular flexibility index (Phi) is 2.58. The van der Waals surface area contributed by atoms with Crippen LogP contribution in [0.15, 0.2) is 22.6 Å². The molecule has 2 fully saturated rings. The van der Waals surface area contributed by atoms with E-state index < -0.39 is 0 Å². The molecule has 3 heterocycles. The zero-order valence-electron chi connectivity index (χ0n) is 10.7. The highest BCUT2D eigenvalue weighted by Gasteiger charge is 2.33. The van der Waals surface area contributed by atoms with E-state index in [1.807, 2.05) is 0 Å². The molecule has 19 heavy (non-hydrogen) atoms. The first kappa shape index (κ1) is 11.4. The van der Waals surface area contributed by atoms with E-state index in [4.69, 9.17) is 4.42 Å². The van der Waals surface area contributed by atoms with Gasteiger partial charge in [-0.2, -0.15) is 0 Å². The van der Waals surface area contributed by atoms with E-state index in [1.54, 1.807) is 6.07 Å². The van der Waals surface area contributed by atoms with Crippen LogP contribution in [-0.4, -0.2) is 17.1 Å². The summed E-state index contributed by atoms with van der Waals surface area (Å²) in [5.74, 6) is 1.15. The Morgan fingerprint density at radius 1 is 1.26 bits per heavy atom. The van der Waals surface area contributed by atoms with Crippen LogP contribution in [0, 0.1) is 11.7 Å². The van der Waals surface area contributed by atoms with Crippen molar-refractivity contribution in [3.63, 3.8) is 0 Å². The van der Waals surface area contributed by atoms with Crippen molar-refractivity contribution in [3.05, 3.63) is 29.9 Å². The fourth-order valence-electron chi connectivity index (χ4n) is 3.62. The number of rotatable bonds is 2. The Balaban J connectivity index is 1.54. The fourth-order valence-corrected chi connectivity index (χ4v) is 3.62. The van der Waals surface area contributed by atoms with Gasteiger partial charge in [0.05, 0.1) is 0 Å².